The van der Waals surface area contributed by atoms with Crippen LogP contribution in [0.1, 0.15) is 131 Å². The fourth-order valence-electron chi connectivity index (χ4n) is 9.34. The summed E-state index contributed by atoms with van der Waals surface area (Å²) in [5.74, 6) is -2.38. The quantitative estimate of drug-likeness (QED) is 0.175. The van der Waals surface area contributed by atoms with Crippen molar-refractivity contribution in [3.63, 3.8) is 0 Å². The molecule has 294 valence electrons. The summed E-state index contributed by atoms with van der Waals surface area (Å²) in [6, 6.07) is -3.35. The van der Waals surface area contributed by atoms with E-state index in [-0.39, 0.29) is 35.0 Å². The van der Waals surface area contributed by atoms with Gasteiger partial charge < -0.3 is 26.2 Å². The maximum atomic E-state index is 14.9. The first kappa shape index (κ1) is 40.4. The summed E-state index contributed by atoms with van der Waals surface area (Å²) in [7, 11) is -2.10. The van der Waals surface area contributed by atoms with Crippen LogP contribution in [-0.4, -0.2) is 103 Å². The van der Waals surface area contributed by atoms with Gasteiger partial charge in [0.05, 0.1) is 17.3 Å². The topological polar surface area (TPSA) is 174 Å². The molecule has 0 aromatic carbocycles. The fraction of sp³-hybridized carbons (Fsp3) is 0.868. The first-order chi connectivity index (χ1) is 24.5. The van der Waals surface area contributed by atoms with Crippen molar-refractivity contribution in [1.29, 1.82) is 0 Å². The van der Waals surface area contributed by atoms with E-state index in [0.29, 0.717) is 38.8 Å². The Morgan fingerprint density at radius 2 is 1.50 bits per heavy atom. The van der Waals surface area contributed by atoms with Gasteiger partial charge in [-0.1, -0.05) is 86.0 Å². The van der Waals surface area contributed by atoms with Crippen molar-refractivity contribution < 1.29 is 32.4 Å². The normalized spacial score (nSPS) is 27.1. The summed E-state index contributed by atoms with van der Waals surface area (Å²) in [4.78, 5) is 71.0. The van der Waals surface area contributed by atoms with E-state index in [0.717, 1.165) is 70.6 Å². The van der Waals surface area contributed by atoms with Gasteiger partial charge in [0, 0.05) is 26.2 Å². The van der Waals surface area contributed by atoms with Crippen molar-refractivity contribution in [2.75, 3.05) is 25.9 Å². The van der Waals surface area contributed by atoms with Gasteiger partial charge in [-0.25, -0.2) is 17.5 Å². The van der Waals surface area contributed by atoms with Crippen LogP contribution in [0.3, 0.4) is 0 Å². The molecule has 5 amide bonds. The molecular formula is C38H64N6O7S. The minimum atomic E-state index is -3.64. The summed E-state index contributed by atoms with van der Waals surface area (Å²) >= 11 is 0. The predicted octanol–water partition coefficient (Wildman–Crippen LogP) is 3.61. The smallest absolute Gasteiger partial charge is 0.315 e. The largest absolute Gasteiger partial charge is 0.347 e. The Morgan fingerprint density at radius 1 is 0.885 bits per heavy atom. The summed E-state index contributed by atoms with van der Waals surface area (Å²) < 4.78 is 27.9. The van der Waals surface area contributed by atoms with Gasteiger partial charge >= 0.3 is 6.03 Å². The molecule has 1 aliphatic heterocycles. The molecule has 52 heavy (non-hydrogen) atoms. The average molecular weight is 749 g/mol. The van der Waals surface area contributed by atoms with Gasteiger partial charge in [0.2, 0.25) is 27.6 Å². The zero-order valence-electron chi connectivity index (χ0n) is 32.4. The van der Waals surface area contributed by atoms with Crippen molar-refractivity contribution in [1.82, 2.24) is 30.5 Å². The second-order valence-corrected chi connectivity index (χ2v) is 19.5. The third-order valence-corrected chi connectivity index (χ3v) is 15.3. The first-order valence-corrected chi connectivity index (χ1v) is 21.6. The van der Waals surface area contributed by atoms with Crippen LogP contribution in [0.15, 0.2) is 0 Å². The molecule has 4 saturated carbocycles. The van der Waals surface area contributed by atoms with E-state index in [9.17, 15) is 32.4 Å². The number of piperidine rings is 1. The van der Waals surface area contributed by atoms with Gasteiger partial charge in [0.15, 0.2) is 0 Å². The predicted molar refractivity (Wildman–Crippen MR) is 198 cm³/mol. The Labute approximate surface area is 311 Å². The highest BCUT2D eigenvalue weighted by atomic mass is 32.2. The average Bonchev–Trinajstić information content (AvgIpc) is 3.95. The van der Waals surface area contributed by atoms with Crippen LogP contribution < -0.4 is 21.3 Å². The number of nitrogens with zero attached hydrogens (tertiary/aromatic N) is 2. The van der Waals surface area contributed by atoms with E-state index < -0.39 is 62.7 Å². The number of ketones is 1. The Kier molecular flexibility index (Phi) is 12.4. The molecule has 1 heterocycles. The van der Waals surface area contributed by atoms with Gasteiger partial charge in [-0.3, -0.25) is 19.2 Å². The number of Topliss-reactive ketones (excluding diaryl/α,β-unsaturated/α-hetero) is 1. The van der Waals surface area contributed by atoms with Crippen molar-refractivity contribution in [2.45, 2.75) is 161 Å². The molecule has 0 aromatic rings. The van der Waals surface area contributed by atoms with Crippen LogP contribution in [-0.2, 0) is 29.2 Å². The number of rotatable bonds is 16. The number of nitrogens with one attached hydrogen (secondary N) is 4. The SMILES string of the molecule is CCCC[C@H](NC(=O)[C@@H]1[C@@H]2[C@H](CN1C(=O)[C@@H](NC(=O)NC1(CS(=O)(=O)N(C)CC)CCCCC1)C1(C)CCCCC1)C2(C)C)C(=O)C(=O)NC1CC1. The molecule has 5 fully saturated rings. The maximum Gasteiger partial charge on any atom is 0.315 e. The second-order valence-electron chi connectivity index (χ2n) is 17.5. The van der Waals surface area contributed by atoms with E-state index in [4.69, 9.17) is 0 Å². The number of hydrogen-bond donors (Lipinski definition) is 4. The molecule has 0 bridgehead atoms. The zero-order valence-corrected chi connectivity index (χ0v) is 33.2. The summed E-state index contributed by atoms with van der Waals surface area (Å²) in [6.07, 6.45) is 11.3. The Bertz CT molecular complexity index is 1470. The molecule has 4 aliphatic carbocycles. The van der Waals surface area contributed by atoms with Gasteiger partial charge in [-0.2, -0.15) is 0 Å². The Hall–Kier alpha value is -2.74. The van der Waals surface area contributed by atoms with Crippen molar-refractivity contribution in [3.05, 3.63) is 0 Å². The lowest BCUT2D eigenvalue weighted by atomic mass is 9.70. The third kappa shape index (κ3) is 8.79. The number of unbranched alkanes of at least 4 members (excludes halogenated alkanes) is 1. The van der Waals surface area contributed by atoms with Crippen LogP contribution in [0.5, 0.6) is 0 Å². The number of sulfonamides is 1. The molecule has 5 rings (SSSR count). The van der Waals surface area contributed by atoms with Crippen LogP contribution >= 0.6 is 0 Å². The highest BCUT2D eigenvalue weighted by Crippen LogP contribution is 2.65. The fourth-order valence-corrected chi connectivity index (χ4v) is 11.0. The number of hydrogen-bond acceptors (Lipinski definition) is 7. The lowest BCUT2D eigenvalue weighted by Crippen LogP contribution is -2.65. The number of carbonyl (C=O) groups excluding carboxylic acids is 5. The number of urea groups is 1. The number of likely N-dealkylation sites (tertiary alicyclic amines) is 1. The molecule has 1 saturated heterocycles. The molecule has 5 atom stereocenters. The molecule has 0 spiro atoms. The molecular weight excluding hydrogens is 685 g/mol. The maximum absolute atomic E-state index is 14.9. The second kappa shape index (κ2) is 15.9. The minimum Gasteiger partial charge on any atom is -0.347 e. The zero-order chi connectivity index (χ0) is 38.1. The Morgan fingerprint density at radius 3 is 2.08 bits per heavy atom. The molecule has 4 N–H and O–H groups in total. The number of fused-ring (bicyclic) bond motifs is 1. The molecule has 0 radical (unpaired) electrons. The lowest BCUT2D eigenvalue weighted by molar-refractivity contribution is -0.146. The van der Waals surface area contributed by atoms with Gasteiger partial charge in [0.25, 0.3) is 5.91 Å². The third-order valence-electron chi connectivity index (χ3n) is 13.2. The van der Waals surface area contributed by atoms with E-state index in [1.54, 1.807) is 18.9 Å². The van der Waals surface area contributed by atoms with E-state index >= 15 is 0 Å². The van der Waals surface area contributed by atoms with Crippen LogP contribution in [0.2, 0.25) is 0 Å². The monoisotopic (exact) mass is 748 g/mol. The molecule has 5 aliphatic rings. The van der Waals surface area contributed by atoms with Crippen LogP contribution in [0.25, 0.3) is 0 Å². The number of carbonyl (C=O) groups is 5. The van der Waals surface area contributed by atoms with E-state index in [1.165, 1.54) is 4.31 Å². The highest BCUT2D eigenvalue weighted by Gasteiger charge is 2.70. The standard InChI is InChI=1S/C38H64N6O7S/c1-7-9-16-27(30(45)33(47)39-25-17-18-25)40-32(46)29-28-26(36(28,3)4)23-44(29)34(48)31(37(5)19-12-10-13-20-37)41-35(49)42-38(21-14-11-15-22-38)24-52(50,51)43(6)8-2/h25-29,31H,7-24H2,1-6H3,(H,39,47)(H,40,46)(H2,41,42,49)/t26-,27-,28-,29-,31+/m0/s1. The van der Waals surface area contributed by atoms with Gasteiger partial charge in [-0.15, -0.1) is 0 Å². The van der Waals surface area contributed by atoms with E-state index in [2.05, 4.69) is 35.1 Å². The van der Waals surface area contributed by atoms with Gasteiger partial charge in [0.1, 0.15) is 12.1 Å². The van der Waals surface area contributed by atoms with Crippen molar-refractivity contribution in [2.24, 2.45) is 22.7 Å². The molecule has 14 heteroatoms. The summed E-state index contributed by atoms with van der Waals surface area (Å²) in [6.45, 7) is 10.6. The molecule has 0 aromatic heterocycles. The molecule has 0 unspecified atom stereocenters. The highest BCUT2D eigenvalue weighted by molar-refractivity contribution is 7.89. The minimum absolute atomic E-state index is 0.00722. The van der Waals surface area contributed by atoms with Crippen LogP contribution in [0.4, 0.5) is 4.79 Å². The first-order valence-electron chi connectivity index (χ1n) is 20.0. The summed E-state index contributed by atoms with van der Waals surface area (Å²) in [5.41, 5.74) is -1.73. The lowest BCUT2D eigenvalue weighted by Gasteiger charge is -2.44. The molecule has 13 nitrogen and oxygen atoms in total. The van der Waals surface area contributed by atoms with Crippen molar-refractivity contribution >= 4 is 39.6 Å². The van der Waals surface area contributed by atoms with E-state index in [1.807, 2.05) is 13.8 Å². The van der Waals surface area contributed by atoms with Crippen LogP contribution in [0, 0.1) is 22.7 Å². The van der Waals surface area contributed by atoms with Crippen molar-refractivity contribution in [3.8, 4) is 0 Å². The van der Waals surface area contributed by atoms with Gasteiger partial charge in [-0.05, 0) is 67.6 Å². The number of amides is 5. The summed E-state index contributed by atoms with van der Waals surface area (Å²) in [5, 5.41) is 11.8. The Balaban J connectivity index is 1.39.